The molecule has 2 heteroatoms. The SMILES string of the molecule is C1=CCC(C2(c3cccc(N(c4ccccc4)c4ccc5sc6ccccc6c5c4)c3)c3ccccc3C3(c4ccccc4)c4c(cccc42)C2=CC=CCC23)C=C1. The fourth-order valence-corrected chi connectivity index (χ4v) is 12.6. The third-order valence-corrected chi connectivity index (χ3v) is 14.8. The van der Waals surface area contributed by atoms with Gasteiger partial charge in [-0.25, -0.2) is 0 Å². The summed E-state index contributed by atoms with van der Waals surface area (Å²) in [6, 6.07) is 64.5. The number of thiophene rings is 1. The molecule has 1 heterocycles. The minimum Gasteiger partial charge on any atom is -0.310 e. The molecule has 0 N–H and O–H groups in total. The van der Waals surface area contributed by atoms with Crippen LogP contribution in [-0.2, 0) is 10.8 Å². The number of rotatable bonds is 6. The second-order valence-electron chi connectivity index (χ2n) is 16.2. The Kier molecular flexibility index (Phi) is 7.56. The highest BCUT2D eigenvalue weighted by molar-refractivity contribution is 7.25. The first-order valence-corrected chi connectivity index (χ1v) is 21.5. The number of hydrogen-bond acceptors (Lipinski definition) is 2. The van der Waals surface area contributed by atoms with Crippen molar-refractivity contribution in [1.82, 2.24) is 0 Å². The van der Waals surface area contributed by atoms with Crippen molar-refractivity contribution in [2.75, 3.05) is 4.90 Å². The number of nitrogens with zero attached hydrogens (tertiary/aromatic N) is 1. The van der Waals surface area contributed by atoms with Crippen LogP contribution in [0.1, 0.15) is 51.8 Å². The maximum absolute atomic E-state index is 2.52. The minimum atomic E-state index is -0.463. The maximum Gasteiger partial charge on any atom is 0.0535 e. The lowest BCUT2D eigenvalue weighted by Gasteiger charge is -2.53. The fourth-order valence-electron chi connectivity index (χ4n) is 11.5. The molecule has 4 unspecified atom stereocenters. The lowest BCUT2D eigenvalue weighted by molar-refractivity contribution is 0.389. The largest absolute Gasteiger partial charge is 0.310 e. The Morgan fingerprint density at radius 2 is 1.16 bits per heavy atom. The van der Waals surface area contributed by atoms with E-state index in [0.29, 0.717) is 5.92 Å². The van der Waals surface area contributed by atoms with Gasteiger partial charge in [-0.05, 0) is 112 Å². The van der Waals surface area contributed by atoms with Gasteiger partial charge in [0, 0.05) is 43.2 Å². The third kappa shape index (κ3) is 4.58. The second kappa shape index (κ2) is 13.0. The molecule has 0 amide bonds. The van der Waals surface area contributed by atoms with Gasteiger partial charge in [0.1, 0.15) is 0 Å². The second-order valence-corrected chi connectivity index (χ2v) is 17.3. The van der Waals surface area contributed by atoms with Gasteiger partial charge >= 0.3 is 0 Å². The fraction of sp³-hybridized carbons (Fsp3) is 0.107. The molecular weight excluding hydrogens is 719 g/mol. The zero-order chi connectivity index (χ0) is 38.3. The van der Waals surface area contributed by atoms with Crippen LogP contribution in [0, 0.1) is 11.8 Å². The van der Waals surface area contributed by atoms with E-state index in [0.717, 1.165) is 29.9 Å². The van der Waals surface area contributed by atoms with Gasteiger partial charge in [-0.15, -0.1) is 11.3 Å². The number of hydrogen-bond donors (Lipinski definition) is 0. The maximum atomic E-state index is 2.52. The molecule has 0 radical (unpaired) electrons. The average Bonchev–Trinajstić information content (AvgIpc) is 3.82. The molecule has 0 saturated heterocycles. The van der Waals surface area contributed by atoms with Gasteiger partial charge < -0.3 is 4.90 Å². The van der Waals surface area contributed by atoms with Gasteiger partial charge in [-0.1, -0.05) is 164 Å². The van der Waals surface area contributed by atoms with Gasteiger partial charge in [-0.2, -0.15) is 0 Å². The van der Waals surface area contributed by atoms with Crippen LogP contribution in [0.3, 0.4) is 0 Å². The van der Waals surface area contributed by atoms with E-state index in [-0.39, 0.29) is 11.3 Å². The van der Waals surface area contributed by atoms with E-state index in [1.807, 2.05) is 11.3 Å². The van der Waals surface area contributed by atoms with Gasteiger partial charge in [0.2, 0.25) is 0 Å². The molecule has 12 rings (SSSR count). The molecule has 1 nitrogen and oxygen atoms in total. The van der Waals surface area contributed by atoms with Crippen LogP contribution in [0.15, 0.2) is 212 Å². The summed E-state index contributed by atoms with van der Waals surface area (Å²) in [6.45, 7) is 0. The van der Waals surface area contributed by atoms with Crippen LogP contribution in [0.5, 0.6) is 0 Å². The molecule has 0 bridgehead atoms. The Morgan fingerprint density at radius 1 is 0.483 bits per heavy atom. The van der Waals surface area contributed by atoms with Crippen molar-refractivity contribution in [2.24, 2.45) is 11.8 Å². The normalized spacial score (nSPS) is 22.4. The summed E-state index contributed by atoms with van der Waals surface area (Å²) in [5.74, 6) is 0.502. The van der Waals surface area contributed by atoms with Crippen molar-refractivity contribution in [1.29, 1.82) is 0 Å². The molecule has 8 aromatic rings. The standard InChI is InChI=1S/C56H41NS/c1-4-18-38(19-5-1)55(40-22-16-25-42(36-40)57(41-23-8-3-9-24-41)43-34-35-53-47(37-43)45-27-11-15-33-52(45)58-53)49-30-13-14-31-50(49)56(39-20-6-2-7-21-39)48-29-12-10-26-44(48)46-28-17-32-51(55)54(46)56/h1-18,20-28,30-38,48H,19,29H2. The predicted molar refractivity (Wildman–Crippen MR) is 245 cm³/mol. The van der Waals surface area contributed by atoms with Gasteiger partial charge in [0.05, 0.1) is 10.8 Å². The van der Waals surface area contributed by atoms with Crippen LogP contribution in [-0.4, -0.2) is 0 Å². The smallest absolute Gasteiger partial charge is 0.0535 e. The summed E-state index contributed by atoms with van der Waals surface area (Å²) >= 11 is 1.87. The Hall–Kier alpha value is -6.48. The molecule has 276 valence electrons. The molecule has 7 aromatic carbocycles. The van der Waals surface area contributed by atoms with Crippen LogP contribution in [0.2, 0.25) is 0 Å². The molecule has 4 atom stereocenters. The summed E-state index contributed by atoms with van der Waals surface area (Å²) < 4.78 is 2.64. The van der Waals surface area contributed by atoms with E-state index >= 15 is 0 Å². The van der Waals surface area contributed by atoms with Crippen LogP contribution in [0.25, 0.3) is 25.7 Å². The van der Waals surface area contributed by atoms with Crippen molar-refractivity contribution in [3.63, 3.8) is 0 Å². The molecule has 4 aliphatic carbocycles. The summed E-state index contributed by atoms with van der Waals surface area (Å²) in [5.41, 5.74) is 14.0. The number of anilines is 3. The van der Waals surface area contributed by atoms with E-state index in [9.17, 15) is 0 Å². The van der Waals surface area contributed by atoms with E-state index < -0.39 is 5.41 Å². The number of allylic oxidation sites excluding steroid dienone is 8. The predicted octanol–water partition coefficient (Wildman–Crippen LogP) is 14.6. The summed E-state index contributed by atoms with van der Waals surface area (Å²) in [5, 5.41) is 2.61. The number of fused-ring (bicyclic) bond motifs is 8. The summed E-state index contributed by atoms with van der Waals surface area (Å²) in [4.78, 5) is 2.46. The lowest BCUT2D eigenvalue weighted by atomic mass is 9.48. The first kappa shape index (κ1) is 33.6. The number of benzene rings is 7. The van der Waals surface area contributed by atoms with Gasteiger partial charge in [0.15, 0.2) is 0 Å². The van der Waals surface area contributed by atoms with Crippen molar-refractivity contribution in [3.05, 3.63) is 251 Å². The van der Waals surface area contributed by atoms with E-state index in [1.54, 1.807) is 0 Å². The molecule has 0 aliphatic heterocycles. The molecule has 0 saturated carbocycles. The van der Waals surface area contributed by atoms with E-state index in [1.165, 1.54) is 64.7 Å². The van der Waals surface area contributed by atoms with Gasteiger partial charge in [0.25, 0.3) is 0 Å². The molecule has 0 fully saturated rings. The zero-order valence-electron chi connectivity index (χ0n) is 32.1. The van der Waals surface area contributed by atoms with Crippen LogP contribution < -0.4 is 4.90 Å². The lowest BCUT2D eigenvalue weighted by Crippen LogP contribution is -2.49. The molecular formula is C56H41NS. The first-order valence-electron chi connectivity index (χ1n) is 20.6. The highest BCUT2D eigenvalue weighted by Crippen LogP contribution is 2.68. The molecule has 58 heavy (non-hydrogen) atoms. The summed E-state index contributed by atoms with van der Waals surface area (Å²) in [7, 11) is 0. The Balaban J connectivity index is 1.16. The van der Waals surface area contributed by atoms with Crippen LogP contribution >= 0.6 is 11.3 Å². The van der Waals surface area contributed by atoms with Crippen molar-refractivity contribution in [3.8, 4) is 0 Å². The van der Waals surface area contributed by atoms with Crippen molar-refractivity contribution in [2.45, 2.75) is 23.7 Å². The highest BCUT2D eigenvalue weighted by Gasteiger charge is 2.61. The van der Waals surface area contributed by atoms with Gasteiger partial charge in [-0.3, -0.25) is 0 Å². The average molecular weight is 760 g/mol. The highest BCUT2D eigenvalue weighted by atomic mass is 32.1. The Labute approximate surface area is 344 Å². The van der Waals surface area contributed by atoms with Crippen LogP contribution in [0.4, 0.5) is 17.1 Å². The van der Waals surface area contributed by atoms with Crippen molar-refractivity contribution >= 4 is 54.1 Å². The minimum absolute atomic E-state index is 0.197. The quantitative estimate of drug-likeness (QED) is 0.163. The Morgan fingerprint density at radius 3 is 2.00 bits per heavy atom. The molecule has 0 spiro atoms. The Bertz CT molecular complexity index is 3040. The molecule has 1 aromatic heterocycles. The molecule has 4 aliphatic rings. The first-order chi connectivity index (χ1) is 28.8. The third-order valence-electron chi connectivity index (χ3n) is 13.6. The monoisotopic (exact) mass is 759 g/mol. The van der Waals surface area contributed by atoms with E-state index in [4.69, 9.17) is 0 Å². The number of para-hydroxylation sites is 1. The van der Waals surface area contributed by atoms with Crippen molar-refractivity contribution < 1.29 is 0 Å². The summed E-state index contributed by atoms with van der Waals surface area (Å²) in [6.07, 6.45) is 18.4. The van der Waals surface area contributed by atoms with E-state index in [2.05, 4.69) is 217 Å². The topological polar surface area (TPSA) is 3.24 Å². The zero-order valence-corrected chi connectivity index (χ0v) is 32.9.